The van der Waals surface area contributed by atoms with Crippen LogP contribution in [-0.4, -0.2) is 22.4 Å². The molecular formula is C9H6ClF3INO3. The highest BCUT2D eigenvalue weighted by atomic mass is 127. The van der Waals surface area contributed by atoms with Gasteiger partial charge in [0.1, 0.15) is 3.70 Å². The molecule has 9 heteroatoms. The lowest BCUT2D eigenvalue weighted by Crippen LogP contribution is -2.20. The number of halogens is 5. The molecule has 1 aromatic heterocycles. The zero-order chi connectivity index (χ0) is 13.9. The van der Waals surface area contributed by atoms with Crippen molar-refractivity contribution in [2.24, 2.45) is 0 Å². The zero-order valence-corrected chi connectivity index (χ0v) is 11.5. The molecule has 0 aliphatic heterocycles. The van der Waals surface area contributed by atoms with Crippen molar-refractivity contribution in [3.05, 3.63) is 20.9 Å². The summed E-state index contributed by atoms with van der Waals surface area (Å²) in [7, 11) is 0. The van der Waals surface area contributed by atoms with Gasteiger partial charge in [0.15, 0.2) is 0 Å². The van der Waals surface area contributed by atoms with Gasteiger partial charge in [-0.05, 0) is 34.2 Å². The molecule has 4 nitrogen and oxygen atoms in total. The van der Waals surface area contributed by atoms with Gasteiger partial charge in [-0.2, -0.15) is 0 Å². The summed E-state index contributed by atoms with van der Waals surface area (Å²) in [6.07, 6.45) is -5.35. The van der Waals surface area contributed by atoms with Gasteiger partial charge in [0, 0.05) is 5.56 Å². The van der Waals surface area contributed by atoms with E-state index >= 15 is 0 Å². The van der Waals surface area contributed by atoms with Crippen molar-refractivity contribution in [1.82, 2.24) is 4.98 Å². The molecule has 0 unspecified atom stereocenters. The number of carbonyl (C=O) groups is 1. The number of pyridine rings is 1. The van der Waals surface area contributed by atoms with Gasteiger partial charge in [0.25, 0.3) is 0 Å². The lowest BCUT2D eigenvalue weighted by Gasteiger charge is -2.14. The van der Waals surface area contributed by atoms with Crippen LogP contribution in [0.15, 0.2) is 6.07 Å². The summed E-state index contributed by atoms with van der Waals surface area (Å²) in [5.41, 5.74) is 0.0768. The van der Waals surface area contributed by atoms with Crippen molar-refractivity contribution in [1.29, 1.82) is 0 Å². The maximum absolute atomic E-state index is 12.2. The SMILES string of the molecule is O=C(O)Cc1cc(I)nc(OC(F)(F)F)c1CCl. The maximum Gasteiger partial charge on any atom is 0.574 e. The summed E-state index contributed by atoms with van der Waals surface area (Å²) in [5, 5.41) is 8.67. The summed E-state index contributed by atoms with van der Waals surface area (Å²) < 4.78 is 40.4. The largest absolute Gasteiger partial charge is 0.574 e. The van der Waals surface area contributed by atoms with Gasteiger partial charge >= 0.3 is 12.3 Å². The van der Waals surface area contributed by atoms with E-state index in [1.807, 2.05) is 0 Å². The number of alkyl halides is 4. The molecule has 0 radical (unpaired) electrons. The number of hydrogen-bond donors (Lipinski definition) is 1. The Bertz CT molecular complexity index is 467. The van der Waals surface area contributed by atoms with Crippen LogP contribution in [0.2, 0.25) is 0 Å². The Hall–Kier alpha value is -0.770. The van der Waals surface area contributed by atoms with Gasteiger partial charge in [-0.15, -0.1) is 24.8 Å². The van der Waals surface area contributed by atoms with E-state index in [1.165, 1.54) is 6.07 Å². The topological polar surface area (TPSA) is 59.4 Å². The molecular weight excluding hydrogens is 389 g/mol. The Morgan fingerprint density at radius 1 is 1.56 bits per heavy atom. The number of rotatable bonds is 4. The molecule has 100 valence electrons. The van der Waals surface area contributed by atoms with E-state index in [0.29, 0.717) is 0 Å². The molecule has 0 aliphatic rings. The summed E-state index contributed by atoms with van der Waals surface area (Å²) in [5.74, 6) is -2.21. The van der Waals surface area contributed by atoms with Crippen LogP contribution in [0.4, 0.5) is 13.2 Å². The average Bonchev–Trinajstić information content (AvgIpc) is 2.13. The minimum Gasteiger partial charge on any atom is -0.481 e. The van der Waals surface area contributed by atoms with Crippen molar-refractivity contribution in [2.75, 3.05) is 0 Å². The van der Waals surface area contributed by atoms with E-state index in [0.717, 1.165) is 0 Å². The minimum atomic E-state index is -4.90. The minimum absolute atomic E-state index is 0.0724. The van der Waals surface area contributed by atoms with Crippen LogP contribution >= 0.6 is 34.2 Å². The molecule has 0 atom stereocenters. The van der Waals surface area contributed by atoms with Crippen molar-refractivity contribution >= 4 is 40.2 Å². The fourth-order valence-electron chi connectivity index (χ4n) is 1.22. The van der Waals surface area contributed by atoms with E-state index in [9.17, 15) is 18.0 Å². The average molecular weight is 396 g/mol. The van der Waals surface area contributed by atoms with Crippen molar-refractivity contribution in [2.45, 2.75) is 18.7 Å². The fourth-order valence-corrected chi connectivity index (χ4v) is 2.10. The smallest absolute Gasteiger partial charge is 0.481 e. The molecule has 1 rings (SSSR count). The van der Waals surface area contributed by atoms with Crippen LogP contribution in [0.1, 0.15) is 11.1 Å². The van der Waals surface area contributed by atoms with E-state index in [2.05, 4.69) is 9.72 Å². The molecule has 0 bridgehead atoms. The molecule has 0 fully saturated rings. The van der Waals surface area contributed by atoms with E-state index in [-0.39, 0.29) is 20.7 Å². The molecule has 0 aromatic carbocycles. The van der Waals surface area contributed by atoms with Crippen LogP contribution in [0.5, 0.6) is 5.88 Å². The Morgan fingerprint density at radius 3 is 2.61 bits per heavy atom. The zero-order valence-electron chi connectivity index (χ0n) is 8.59. The third kappa shape index (κ3) is 4.48. The predicted molar refractivity (Wildman–Crippen MR) is 64.5 cm³/mol. The Morgan fingerprint density at radius 2 is 2.17 bits per heavy atom. The van der Waals surface area contributed by atoms with Gasteiger partial charge in [-0.25, -0.2) is 4.98 Å². The maximum atomic E-state index is 12.2. The first-order valence-corrected chi connectivity index (χ1v) is 6.06. The van der Waals surface area contributed by atoms with Crippen LogP contribution in [0.3, 0.4) is 0 Å². The first-order chi connectivity index (χ1) is 8.23. The molecule has 0 amide bonds. The second-order valence-corrected chi connectivity index (χ2v) is 4.51. The quantitative estimate of drug-likeness (QED) is 0.484. The lowest BCUT2D eigenvalue weighted by molar-refractivity contribution is -0.276. The lowest BCUT2D eigenvalue weighted by atomic mass is 10.1. The van der Waals surface area contributed by atoms with Crippen molar-refractivity contribution < 1.29 is 27.8 Å². The number of nitrogens with zero attached hydrogens (tertiary/aromatic N) is 1. The van der Waals surface area contributed by atoms with Crippen LogP contribution in [-0.2, 0) is 17.1 Å². The Kier molecular flexibility index (Phi) is 5.02. The fraction of sp³-hybridized carbons (Fsp3) is 0.333. The molecule has 1 N–H and O–H groups in total. The standard InChI is InChI=1S/C9H6ClF3INO3/c10-3-5-4(2-7(16)17)1-6(14)15-8(5)18-9(11,12)13/h1H,2-3H2,(H,16,17). The van der Waals surface area contributed by atoms with Crippen LogP contribution in [0.25, 0.3) is 0 Å². The molecule has 1 heterocycles. The van der Waals surface area contributed by atoms with E-state index < -0.39 is 24.6 Å². The van der Waals surface area contributed by atoms with Crippen LogP contribution in [0, 0.1) is 3.70 Å². The highest BCUT2D eigenvalue weighted by molar-refractivity contribution is 14.1. The summed E-state index contributed by atoms with van der Waals surface area (Å²) in [6.45, 7) is 0. The normalized spacial score (nSPS) is 11.4. The molecule has 1 aromatic rings. The van der Waals surface area contributed by atoms with Gasteiger partial charge < -0.3 is 9.84 Å². The molecule has 0 aliphatic carbocycles. The number of carboxylic acids is 1. The Labute approximate surface area is 118 Å². The predicted octanol–water partition coefficient (Wildman–Crippen LogP) is 2.95. The summed E-state index contributed by atoms with van der Waals surface area (Å²) >= 11 is 7.19. The summed E-state index contributed by atoms with van der Waals surface area (Å²) in [6, 6.07) is 1.36. The number of hydrogen-bond acceptors (Lipinski definition) is 3. The van der Waals surface area contributed by atoms with Gasteiger partial charge in [0.05, 0.1) is 12.3 Å². The van der Waals surface area contributed by atoms with Gasteiger partial charge in [-0.1, -0.05) is 0 Å². The first kappa shape index (κ1) is 15.3. The third-order valence-corrected chi connectivity index (χ3v) is 2.66. The van der Waals surface area contributed by atoms with Crippen molar-refractivity contribution in [3.8, 4) is 5.88 Å². The number of ether oxygens (including phenoxy) is 1. The second-order valence-electron chi connectivity index (χ2n) is 3.14. The first-order valence-electron chi connectivity index (χ1n) is 4.44. The monoisotopic (exact) mass is 395 g/mol. The van der Waals surface area contributed by atoms with E-state index in [4.69, 9.17) is 16.7 Å². The number of aliphatic carboxylic acids is 1. The van der Waals surface area contributed by atoms with Crippen molar-refractivity contribution in [3.63, 3.8) is 0 Å². The molecule has 0 spiro atoms. The molecule has 0 saturated carbocycles. The van der Waals surface area contributed by atoms with Gasteiger partial charge in [-0.3, -0.25) is 4.79 Å². The number of aromatic nitrogens is 1. The second kappa shape index (κ2) is 5.91. The van der Waals surface area contributed by atoms with Crippen LogP contribution < -0.4 is 4.74 Å². The number of carboxylic acid groups (broad SMARTS) is 1. The molecule has 0 saturated heterocycles. The highest BCUT2D eigenvalue weighted by Crippen LogP contribution is 2.29. The van der Waals surface area contributed by atoms with E-state index in [1.54, 1.807) is 22.6 Å². The third-order valence-electron chi connectivity index (χ3n) is 1.84. The summed E-state index contributed by atoms with van der Waals surface area (Å²) in [4.78, 5) is 14.2. The highest BCUT2D eigenvalue weighted by Gasteiger charge is 2.33. The van der Waals surface area contributed by atoms with Gasteiger partial charge in [0.2, 0.25) is 5.88 Å². The Balaban J connectivity index is 3.24. The molecule has 18 heavy (non-hydrogen) atoms.